The molecule has 0 bridgehead atoms. The van der Waals surface area contributed by atoms with Gasteiger partial charge in [-0.2, -0.15) is 0 Å². The van der Waals surface area contributed by atoms with E-state index >= 15 is 0 Å². The van der Waals surface area contributed by atoms with Gasteiger partial charge in [-0.15, -0.1) is 0 Å². The SMILES string of the molecule is Cc1cc(C)cc(C(=O)Nc2ccc(F)cc2)c1. The van der Waals surface area contributed by atoms with Crippen LogP contribution in [0.15, 0.2) is 42.5 Å². The van der Waals surface area contributed by atoms with E-state index in [2.05, 4.69) is 5.32 Å². The van der Waals surface area contributed by atoms with E-state index in [9.17, 15) is 9.18 Å². The van der Waals surface area contributed by atoms with Crippen molar-refractivity contribution >= 4 is 11.6 Å². The molecule has 0 heterocycles. The van der Waals surface area contributed by atoms with Crippen molar-refractivity contribution in [3.05, 3.63) is 65.0 Å². The van der Waals surface area contributed by atoms with Crippen LogP contribution in [0, 0.1) is 19.7 Å². The summed E-state index contributed by atoms with van der Waals surface area (Å²) < 4.78 is 12.7. The predicted octanol–water partition coefficient (Wildman–Crippen LogP) is 3.69. The van der Waals surface area contributed by atoms with Crippen molar-refractivity contribution in [3.8, 4) is 0 Å². The van der Waals surface area contributed by atoms with Gasteiger partial charge in [0, 0.05) is 11.3 Å². The molecule has 0 aliphatic heterocycles. The second-order valence-electron chi connectivity index (χ2n) is 4.34. The molecule has 0 unspecified atom stereocenters. The molecule has 2 nitrogen and oxygen atoms in total. The standard InChI is InChI=1S/C15H14FNO/c1-10-7-11(2)9-12(8-10)15(18)17-14-5-3-13(16)4-6-14/h3-9H,1-2H3,(H,17,18). The maximum Gasteiger partial charge on any atom is 0.255 e. The number of halogens is 1. The molecule has 0 fully saturated rings. The molecule has 0 radical (unpaired) electrons. The number of carbonyl (C=O) groups excluding carboxylic acids is 1. The van der Waals surface area contributed by atoms with Crippen molar-refractivity contribution in [3.63, 3.8) is 0 Å². The molecule has 0 spiro atoms. The zero-order valence-corrected chi connectivity index (χ0v) is 10.3. The maximum absolute atomic E-state index is 12.7. The van der Waals surface area contributed by atoms with Crippen LogP contribution in [0.5, 0.6) is 0 Å². The van der Waals surface area contributed by atoms with Gasteiger partial charge in [-0.25, -0.2) is 4.39 Å². The van der Waals surface area contributed by atoms with E-state index in [4.69, 9.17) is 0 Å². The lowest BCUT2D eigenvalue weighted by Crippen LogP contribution is -2.12. The van der Waals surface area contributed by atoms with Gasteiger partial charge in [-0.1, -0.05) is 17.2 Å². The average molecular weight is 243 g/mol. The molecule has 0 aliphatic carbocycles. The summed E-state index contributed by atoms with van der Waals surface area (Å²) in [6.45, 7) is 3.89. The summed E-state index contributed by atoms with van der Waals surface area (Å²) in [5.41, 5.74) is 3.27. The number of rotatable bonds is 2. The molecule has 18 heavy (non-hydrogen) atoms. The lowest BCUT2D eigenvalue weighted by molar-refractivity contribution is 0.102. The Labute approximate surface area is 105 Å². The average Bonchev–Trinajstić information content (AvgIpc) is 2.31. The van der Waals surface area contributed by atoms with Crippen LogP contribution in [0.4, 0.5) is 10.1 Å². The highest BCUT2D eigenvalue weighted by Crippen LogP contribution is 2.13. The van der Waals surface area contributed by atoms with Gasteiger partial charge in [0.05, 0.1) is 0 Å². The van der Waals surface area contributed by atoms with E-state index in [1.54, 1.807) is 0 Å². The quantitative estimate of drug-likeness (QED) is 0.856. The molecule has 0 saturated carbocycles. The second-order valence-corrected chi connectivity index (χ2v) is 4.34. The summed E-state index contributed by atoms with van der Waals surface area (Å²) in [7, 11) is 0. The Bertz CT molecular complexity index is 555. The van der Waals surface area contributed by atoms with Gasteiger partial charge in [0.25, 0.3) is 5.91 Å². The van der Waals surface area contributed by atoms with Gasteiger partial charge in [0.15, 0.2) is 0 Å². The molecule has 92 valence electrons. The largest absolute Gasteiger partial charge is 0.322 e. The first-order chi connectivity index (χ1) is 8.54. The van der Waals surface area contributed by atoms with Crippen LogP contribution < -0.4 is 5.32 Å². The minimum atomic E-state index is -0.320. The van der Waals surface area contributed by atoms with Gasteiger partial charge < -0.3 is 5.32 Å². The maximum atomic E-state index is 12.7. The molecular formula is C15H14FNO. The van der Waals surface area contributed by atoms with E-state index in [-0.39, 0.29) is 11.7 Å². The number of benzene rings is 2. The minimum Gasteiger partial charge on any atom is -0.322 e. The zero-order chi connectivity index (χ0) is 13.1. The first-order valence-electron chi connectivity index (χ1n) is 5.70. The number of hydrogen-bond donors (Lipinski definition) is 1. The van der Waals surface area contributed by atoms with Crippen LogP contribution in [-0.2, 0) is 0 Å². The third-order valence-corrected chi connectivity index (χ3v) is 2.59. The predicted molar refractivity (Wildman–Crippen MR) is 70.3 cm³/mol. The molecule has 1 amide bonds. The summed E-state index contributed by atoms with van der Waals surface area (Å²) in [5, 5.41) is 2.73. The van der Waals surface area contributed by atoms with Crippen LogP contribution in [0.3, 0.4) is 0 Å². The normalized spacial score (nSPS) is 10.2. The molecule has 1 N–H and O–H groups in total. The number of hydrogen-bond acceptors (Lipinski definition) is 1. The first-order valence-corrected chi connectivity index (χ1v) is 5.70. The Morgan fingerprint density at radius 3 is 2.11 bits per heavy atom. The summed E-state index contributed by atoms with van der Waals surface area (Å²) in [5.74, 6) is -0.507. The number of aryl methyl sites for hydroxylation is 2. The van der Waals surface area contributed by atoms with Crippen molar-refractivity contribution in [2.75, 3.05) is 5.32 Å². The molecule has 3 heteroatoms. The van der Waals surface area contributed by atoms with Crippen molar-refractivity contribution < 1.29 is 9.18 Å². The van der Waals surface area contributed by atoms with Crippen LogP contribution >= 0.6 is 0 Å². The third kappa shape index (κ3) is 2.94. The lowest BCUT2D eigenvalue weighted by atomic mass is 10.1. The Morgan fingerprint density at radius 2 is 1.56 bits per heavy atom. The van der Waals surface area contributed by atoms with Crippen LogP contribution in [0.2, 0.25) is 0 Å². The Balaban J connectivity index is 2.19. The molecular weight excluding hydrogens is 229 g/mol. The molecule has 0 saturated heterocycles. The fraction of sp³-hybridized carbons (Fsp3) is 0.133. The van der Waals surface area contributed by atoms with E-state index in [0.717, 1.165) is 11.1 Å². The first kappa shape index (κ1) is 12.3. The molecule has 2 rings (SSSR count). The summed E-state index contributed by atoms with van der Waals surface area (Å²) in [4.78, 5) is 12.0. The van der Waals surface area contributed by atoms with E-state index in [1.165, 1.54) is 24.3 Å². The Morgan fingerprint density at radius 1 is 1.00 bits per heavy atom. The van der Waals surface area contributed by atoms with Gasteiger partial charge in [0.1, 0.15) is 5.82 Å². The fourth-order valence-electron chi connectivity index (χ4n) is 1.84. The van der Waals surface area contributed by atoms with Crippen LogP contribution in [0.25, 0.3) is 0 Å². The summed E-state index contributed by atoms with van der Waals surface area (Å²) >= 11 is 0. The van der Waals surface area contributed by atoms with Crippen molar-refractivity contribution in [1.29, 1.82) is 0 Å². The zero-order valence-electron chi connectivity index (χ0n) is 10.3. The van der Waals surface area contributed by atoms with E-state index < -0.39 is 0 Å². The molecule has 0 aliphatic rings. The highest BCUT2D eigenvalue weighted by molar-refractivity contribution is 6.04. The molecule has 2 aromatic rings. The fourth-order valence-corrected chi connectivity index (χ4v) is 1.84. The number of anilines is 1. The highest BCUT2D eigenvalue weighted by Gasteiger charge is 2.07. The topological polar surface area (TPSA) is 29.1 Å². The van der Waals surface area contributed by atoms with Gasteiger partial charge in [0.2, 0.25) is 0 Å². The van der Waals surface area contributed by atoms with Gasteiger partial charge in [-0.05, 0) is 50.2 Å². The Kier molecular flexibility index (Phi) is 3.42. The van der Waals surface area contributed by atoms with Crippen LogP contribution in [0.1, 0.15) is 21.5 Å². The third-order valence-electron chi connectivity index (χ3n) is 2.59. The van der Waals surface area contributed by atoms with Crippen molar-refractivity contribution in [2.24, 2.45) is 0 Å². The highest BCUT2D eigenvalue weighted by atomic mass is 19.1. The number of carbonyl (C=O) groups is 1. The van der Waals surface area contributed by atoms with Gasteiger partial charge >= 0.3 is 0 Å². The smallest absolute Gasteiger partial charge is 0.255 e. The number of amides is 1. The van der Waals surface area contributed by atoms with Gasteiger partial charge in [-0.3, -0.25) is 4.79 Å². The van der Waals surface area contributed by atoms with Crippen LogP contribution in [-0.4, -0.2) is 5.91 Å². The van der Waals surface area contributed by atoms with E-state index in [0.29, 0.717) is 11.3 Å². The van der Waals surface area contributed by atoms with Crippen molar-refractivity contribution in [2.45, 2.75) is 13.8 Å². The summed E-state index contributed by atoms with van der Waals surface area (Å²) in [6, 6.07) is 11.4. The number of nitrogens with one attached hydrogen (secondary N) is 1. The molecule has 0 atom stereocenters. The second kappa shape index (κ2) is 5.00. The monoisotopic (exact) mass is 243 g/mol. The van der Waals surface area contributed by atoms with Crippen molar-refractivity contribution in [1.82, 2.24) is 0 Å². The molecule has 0 aromatic heterocycles. The summed E-state index contributed by atoms with van der Waals surface area (Å²) in [6.07, 6.45) is 0. The minimum absolute atomic E-state index is 0.187. The van der Waals surface area contributed by atoms with E-state index in [1.807, 2.05) is 32.0 Å². The lowest BCUT2D eigenvalue weighted by Gasteiger charge is -2.07. The Hall–Kier alpha value is -2.16. The molecule has 2 aromatic carbocycles.